The fraction of sp³-hybridized carbons (Fsp3) is 0.0172. The van der Waals surface area contributed by atoms with Gasteiger partial charge in [-0.25, -0.2) is 15.0 Å². The topological polar surface area (TPSA) is 43.6 Å². The molecule has 13 rings (SSSR count). The average Bonchev–Trinajstić information content (AvgIpc) is 3.96. The van der Waals surface area contributed by atoms with Crippen LogP contribution in [0.4, 0.5) is 0 Å². The normalized spacial score (nSPS) is 13.0. The van der Waals surface area contributed by atoms with Crippen molar-refractivity contribution in [3.8, 4) is 73.2 Å². The first-order valence-electron chi connectivity index (χ1n) is 21.2. The van der Waals surface area contributed by atoms with Crippen molar-refractivity contribution in [3.63, 3.8) is 0 Å². The van der Waals surface area contributed by atoms with E-state index in [4.69, 9.17) is 15.0 Å². The second-order valence-electron chi connectivity index (χ2n) is 16.3. The van der Waals surface area contributed by atoms with Gasteiger partial charge in [0.25, 0.3) is 0 Å². The molecule has 0 amide bonds. The number of hydrogen-bond donors (Lipinski definition) is 0. The van der Waals surface area contributed by atoms with Gasteiger partial charge in [-0.15, -0.1) is 0 Å². The third kappa shape index (κ3) is 4.92. The molecule has 2 aliphatic carbocycles. The monoisotopic (exact) mass is 788 g/mol. The van der Waals surface area contributed by atoms with Gasteiger partial charge < -0.3 is 4.57 Å². The van der Waals surface area contributed by atoms with Crippen LogP contribution in [-0.4, -0.2) is 19.5 Å². The molecule has 0 radical (unpaired) electrons. The highest BCUT2D eigenvalue weighted by atomic mass is 15.0. The van der Waals surface area contributed by atoms with E-state index in [-0.39, 0.29) is 5.41 Å². The fourth-order valence-corrected chi connectivity index (χ4v) is 10.5. The molecule has 0 saturated heterocycles. The summed E-state index contributed by atoms with van der Waals surface area (Å²) in [6.07, 6.45) is 0. The Kier molecular flexibility index (Phi) is 7.49. The maximum Gasteiger partial charge on any atom is 0.164 e. The number of para-hydroxylation sites is 2. The largest absolute Gasteiger partial charge is 0.309 e. The first-order valence-corrected chi connectivity index (χ1v) is 21.2. The molecule has 2 aliphatic rings. The SMILES string of the molecule is c1ccc(-c2nc(-c3ccc4c(c3)c3ccccc3n4-c3ccccc3)nc(-c3ccccc3-c3ccc4c(c3)-c3ccccc3C43c4ccccc4-c4ccccc43)n2)cc1. The molecule has 0 saturated carbocycles. The van der Waals surface area contributed by atoms with Crippen LogP contribution in [0.5, 0.6) is 0 Å². The predicted octanol–water partition coefficient (Wildman–Crippen LogP) is 14.0. The maximum atomic E-state index is 5.32. The van der Waals surface area contributed by atoms with Gasteiger partial charge in [-0.3, -0.25) is 0 Å². The zero-order valence-electron chi connectivity index (χ0n) is 33.6. The first kappa shape index (κ1) is 34.6. The van der Waals surface area contributed by atoms with E-state index < -0.39 is 0 Å². The summed E-state index contributed by atoms with van der Waals surface area (Å²) in [7, 11) is 0. The van der Waals surface area contributed by atoms with Crippen molar-refractivity contribution in [2.75, 3.05) is 0 Å². The zero-order chi connectivity index (χ0) is 40.8. The summed E-state index contributed by atoms with van der Waals surface area (Å²) < 4.78 is 2.33. The standard InChI is InChI=1S/C58H36N4/c1-3-17-37(18-4-1)55-59-56(39-32-34-54-48(36-39)45-25-12-16-30-53(45)62(54)40-19-5-2-6-20-40)61-57(60-55)46-26-8-7-21-41(46)38-31-33-52-47(35-38)44-24-11-15-29-51(44)58(52)49-27-13-9-22-42(49)43-23-10-14-28-50(43)58/h1-36H. The van der Waals surface area contributed by atoms with E-state index in [2.05, 4.69) is 205 Å². The second-order valence-corrected chi connectivity index (χ2v) is 16.3. The van der Waals surface area contributed by atoms with Gasteiger partial charge >= 0.3 is 0 Å². The molecule has 2 heterocycles. The number of hydrogen-bond acceptors (Lipinski definition) is 3. The summed E-state index contributed by atoms with van der Waals surface area (Å²) in [5.41, 5.74) is 18.5. The molecular formula is C58H36N4. The van der Waals surface area contributed by atoms with E-state index >= 15 is 0 Å². The van der Waals surface area contributed by atoms with Crippen LogP contribution in [0, 0.1) is 0 Å². The first-order chi connectivity index (χ1) is 30.8. The van der Waals surface area contributed by atoms with Gasteiger partial charge in [0.05, 0.1) is 16.4 Å². The molecular weight excluding hydrogens is 753 g/mol. The Hall–Kier alpha value is -8.21. The highest BCUT2D eigenvalue weighted by Crippen LogP contribution is 2.63. The van der Waals surface area contributed by atoms with E-state index in [1.54, 1.807) is 0 Å². The third-order valence-electron chi connectivity index (χ3n) is 13.1. The van der Waals surface area contributed by atoms with Gasteiger partial charge in [-0.1, -0.05) is 176 Å². The highest BCUT2D eigenvalue weighted by Gasteiger charge is 2.51. The van der Waals surface area contributed by atoms with Crippen molar-refractivity contribution in [3.05, 3.63) is 241 Å². The number of nitrogens with zero attached hydrogens (tertiary/aromatic N) is 4. The quantitative estimate of drug-likeness (QED) is 0.174. The third-order valence-corrected chi connectivity index (χ3v) is 13.1. The molecule has 0 fully saturated rings. The smallest absolute Gasteiger partial charge is 0.164 e. The number of aromatic nitrogens is 4. The lowest BCUT2D eigenvalue weighted by atomic mass is 9.70. The van der Waals surface area contributed by atoms with Gasteiger partial charge in [-0.2, -0.15) is 0 Å². The van der Waals surface area contributed by atoms with Crippen LogP contribution in [0.3, 0.4) is 0 Å². The summed E-state index contributed by atoms with van der Waals surface area (Å²) >= 11 is 0. The molecule has 4 heteroatoms. The van der Waals surface area contributed by atoms with E-state index in [0.29, 0.717) is 17.5 Å². The lowest BCUT2D eigenvalue weighted by Crippen LogP contribution is -2.25. The minimum absolute atomic E-state index is 0.390. The summed E-state index contributed by atoms with van der Waals surface area (Å²) in [6, 6.07) is 78.5. The van der Waals surface area contributed by atoms with Crippen LogP contribution in [-0.2, 0) is 5.41 Å². The fourth-order valence-electron chi connectivity index (χ4n) is 10.5. The molecule has 0 bridgehead atoms. The van der Waals surface area contributed by atoms with Crippen molar-refractivity contribution in [2.24, 2.45) is 0 Å². The molecule has 1 spiro atoms. The van der Waals surface area contributed by atoms with Crippen LogP contribution in [0.1, 0.15) is 22.3 Å². The average molecular weight is 789 g/mol. The van der Waals surface area contributed by atoms with Gasteiger partial charge in [0, 0.05) is 33.2 Å². The van der Waals surface area contributed by atoms with Gasteiger partial charge in [0.2, 0.25) is 0 Å². The Morgan fingerprint density at radius 3 is 1.47 bits per heavy atom. The second kappa shape index (κ2) is 13.4. The van der Waals surface area contributed by atoms with Gasteiger partial charge in [-0.05, 0) is 98.1 Å². The minimum atomic E-state index is -0.390. The zero-order valence-corrected chi connectivity index (χ0v) is 33.6. The summed E-state index contributed by atoms with van der Waals surface area (Å²) in [5.74, 6) is 1.90. The summed E-state index contributed by atoms with van der Waals surface area (Å²) in [6.45, 7) is 0. The Morgan fingerprint density at radius 1 is 0.290 bits per heavy atom. The molecule has 0 aliphatic heterocycles. The lowest BCUT2D eigenvalue weighted by Gasteiger charge is -2.30. The van der Waals surface area contributed by atoms with Crippen LogP contribution < -0.4 is 0 Å². The Bertz CT molecular complexity index is 3540. The molecule has 9 aromatic carbocycles. The maximum absolute atomic E-state index is 5.32. The molecule has 4 nitrogen and oxygen atoms in total. The molecule has 11 aromatic rings. The highest BCUT2D eigenvalue weighted by molar-refractivity contribution is 6.10. The van der Waals surface area contributed by atoms with Crippen molar-refractivity contribution in [1.29, 1.82) is 0 Å². The summed E-state index contributed by atoms with van der Waals surface area (Å²) in [4.78, 5) is 15.7. The minimum Gasteiger partial charge on any atom is -0.309 e. The number of fused-ring (bicyclic) bond motifs is 13. The molecule has 62 heavy (non-hydrogen) atoms. The van der Waals surface area contributed by atoms with Crippen molar-refractivity contribution >= 4 is 21.8 Å². The Labute approximate surface area is 359 Å². The lowest BCUT2D eigenvalue weighted by molar-refractivity contribution is 0.794. The molecule has 0 atom stereocenters. The van der Waals surface area contributed by atoms with Crippen LogP contribution in [0.15, 0.2) is 218 Å². The Morgan fingerprint density at radius 2 is 0.774 bits per heavy atom. The van der Waals surface area contributed by atoms with E-state index in [1.165, 1.54) is 49.9 Å². The van der Waals surface area contributed by atoms with E-state index in [0.717, 1.165) is 49.9 Å². The van der Waals surface area contributed by atoms with Crippen LogP contribution in [0.25, 0.3) is 95.0 Å². The Balaban J connectivity index is 0.993. The van der Waals surface area contributed by atoms with Crippen molar-refractivity contribution in [2.45, 2.75) is 5.41 Å². The van der Waals surface area contributed by atoms with Crippen LogP contribution >= 0.6 is 0 Å². The number of benzene rings is 9. The van der Waals surface area contributed by atoms with E-state index in [1.807, 2.05) is 18.2 Å². The molecule has 0 N–H and O–H groups in total. The molecule has 2 aromatic heterocycles. The molecule has 0 unspecified atom stereocenters. The van der Waals surface area contributed by atoms with Crippen molar-refractivity contribution < 1.29 is 0 Å². The van der Waals surface area contributed by atoms with Gasteiger partial charge in [0.15, 0.2) is 17.5 Å². The number of rotatable bonds is 5. The van der Waals surface area contributed by atoms with Crippen molar-refractivity contribution in [1.82, 2.24) is 19.5 Å². The van der Waals surface area contributed by atoms with Gasteiger partial charge in [0.1, 0.15) is 0 Å². The predicted molar refractivity (Wildman–Crippen MR) is 252 cm³/mol. The van der Waals surface area contributed by atoms with E-state index in [9.17, 15) is 0 Å². The van der Waals surface area contributed by atoms with Crippen LogP contribution in [0.2, 0.25) is 0 Å². The summed E-state index contributed by atoms with van der Waals surface area (Å²) in [5, 5.41) is 2.33. The molecule has 288 valence electrons.